The molecule has 0 saturated carbocycles. The van der Waals surface area contributed by atoms with Crippen LogP contribution in [-0.2, 0) is 0 Å². The third-order valence-electron chi connectivity index (χ3n) is 0.885. The van der Waals surface area contributed by atoms with Crippen molar-refractivity contribution in [2.75, 3.05) is 0 Å². The van der Waals surface area contributed by atoms with E-state index >= 15 is 0 Å². The Morgan fingerprint density at radius 1 is 1.25 bits per heavy atom. The molecule has 0 aliphatic rings. The van der Waals surface area contributed by atoms with Crippen molar-refractivity contribution in [3.05, 3.63) is 23.8 Å². The lowest BCUT2D eigenvalue weighted by atomic mass is 10.3. The summed E-state index contributed by atoms with van der Waals surface area (Å²) in [6, 6.07) is 0. The van der Waals surface area contributed by atoms with E-state index in [9.17, 15) is 0 Å². The third-order valence-corrected chi connectivity index (χ3v) is 0.885. The van der Waals surface area contributed by atoms with Gasteiger partial charge < -0.3 is 0 Å². The average molecular weight is 224 g/mol. The predicted octanol–water partition coefficient (Wildman–Crippen LogP) is 3.15. The molecule has 0 rings (SSSR count). The summed E-state index contributed by atoms with van der Waals surface area (Å²) in [6.07, 6.45) is 6.20. The van der Waals surface area contributed by atoms with Crippen LogP contribution in [0.5, 0.6) is 0 Å². The standard InChI is InChI=1S/C7H12.HI/c1-4-6-7(3)5-2;/h4-6H,1-3H3;1H/b6-4-,7-5-;. The van der Waals surface area contributed by atoms with Crippen molar-refractivity contribution in [3.8, 4) is 0 Å². The molecule has 0 fully saturated rings. The predicted molar refractivity (Wildman–Crippen MR) is 49.7 cm³/mol. The summed E-state index contributed by atoms with van der Waals surface area (Å²) in [5, 5.41) is 0. The van der Waals surface area contributed by atoms with E-state index in [1.54, 1.807) is 0 Å². The van der Waals surface area contributed by atoms with Gasteiger partial charge in [-0.1, -0.05) is 23.8 Å². The van der Waals surface area contributed by atoms with Gasteiger partial charge in [-0.05, 0) is 20.8 Å². The quantitative estimate of drug-likeness (QED) is 0.474. The Hall–Kier alpha value is 0.210. The van der Waals surface area contributed by atoms with Crippen LogP contribution in [0.3, 0.4) is 0 Å². The Labute approximate surface area is 68.7 Å². The largest absolute Gasteiger partial charge is 0.107 e. The Morgan fingerprint density at radius 3 is 1.88 bits per heavy atom. The molecule has 0 spiro atoms. The van der Waals surface area contributed by atoms with Gasteiger partial charge in [-0.3, -0.25) is 0 Å². The minimum atomic E-state index is 0. The maximum atomic E-state index is 2.08. The molecule has 0 aromatic carbocycles. The molecular formula is C7H13I. The number of hydrogen-bond donors (Lipinski definition) is 0. The first-order valence-electron chi connectivity index (χ1n) is 2.57. The Kier molecular flexibility index (Phi) is 9.97. The van der Waals surface area contributed by atoms with Crippen LogP contribution in [0.15, 0.2) is 23.8 Å². The summed E-state index contributed by atoms with van der Waals surface area (Å²) in [5.74, 6) is 0. The average Bonchev–Trinajstić information content (AvgIpc) is 1.68. The second kappa shape index (κ2) is 7.21. The molecule has 0 saturated heterocycles. The van der Waals surface area contributed by atoms with Crippen LogP contribution < -0.4 is 0 Å². The van der Waals surface area contributed by atoms with Crippen molar-refractivity contribution in [3.63, 3.8) is 0 Å². The summed E-state index contributed by atoms with van der Waals surface area (Å²) >= 11 is 0. The molecule has 0 heterocycles. The van der Waals surface area contributed by atoms with Crippen molar-refractivity contribution in [2.45, 2.75) is 20.8 Å². The van der Waals surface area contributed by atoms with E-state index in [1.807, 2.05) is 19.9 Å². The van der Waals surface area contributed by atoms with Crippen LogP contribution in [0.4, 0.5) is 0 Å². The first-order valence-corrected chi connectivity index (χ1v) is 2.57. The molecular weight excluding hydrogens is 211 g/mol. The van der Waals surface area contributed by atoms with Crippen molar-refractivity contribution in [1.29, 1.82) is 0 Å². The fourth-order valence-electron chi connectivity index (χ4n) is 0.359. The van der Waals surface area contributed by atoms with Crippen LogP contribution in [0.2, 0.25) is 0 Å². The van der Waals surface area contributed by atoms with Crippen molar-refractivity contribution < 1.29 is 0 Å². The highest BCUT2D eigenvalue weighted by Crippen LogP contribution is 1.91. The monoisotopic (exact) mass is 224 g/mol. The van der Waals surface area contributed by atoms with E-state index < -0.39 is 0 Å². The second-order valence-electron chi connectivity index (χ2n) is 1.53. The number of allylic oxidation sites excluding steroid dienone is 4. The molecule has 0 aromatic heterocycles. The summed E-state index contributed by atoms with van der Waals surface area (Å²) in [5.41, 5.74) is 1.32. The highest BCUT2D eigenvalue weighted by atomic mass is 127. The fourth-order valence-corrected chi connectivity index (χ4v) is 0.359. The zero-order chi connectivity index (χ0) is 5.70. The minimum Gasteiger partial charge on any atom is -0.107 e. The molecule has 0 N–H and O–H groups in total. The fraction of sp³-hybridized carbons (Fsp3) is 0.429. The summed E-state index contributed by atoms with van der Waals surface area (Å²) in [4.78, 5) is 0. The van der Waals surface area contributed by atoms with E-state index in [2.05, 4.69) is 19.1 Å². The van der Waals surface area contributed by atoms with Gasteiger partial charge in [0.1, 0.15) is 0 Å². The highest BCUT2D eigenvalue weighted by Gasteiger charge is 1.69. The molecule has 0 nitrogen and oxygen atoms in total. The number of halogens is 1. The van der Waals surface area contributed by atoms with Gasteiger partial charge in [-0.2, -0.15) is 0 Å². The summed E-state index contributed by atoms with van der Waals surface area (Å²) in [7, 11) is 0. The molecule has 8 heavy (non-hydrogen) atoms. The third kappa shape index (κ3) is 6.21. The molecule has 0 aliphatic carbocycles. The van der Waals surface area contributed by atoms with Crippen LogP contribution >= 0.6 is 24.0 Å². The zero-order valence-electron chi connectivity index (χ0n) is 5.64. The van der Waals surface area contributed by atoms with Crippen LogP contribution in [0.25, 0.3) is 0 Å². The van der Waals surface area contributed by atoms with Crippen molar-refractivity contribution in [2.24, 2.45) is 0 Å². The second-order valence-corrected chi connectivity index (χ2v) is 1.53. The molecule has 0 unspecified atom stereocenters. The zero-order valence-corrected chi connectivity index (χ0v) is 7.97. The first-order chi connectivity index (χ1) is 3.31. The van der Waals surface area contributed by atoms with Crippen LogP contribution in [-0.4, -0.2) is 0 Å². The Morgan fingerprint density at radius 2 is 1.75 bits per heavy atom. The summed E-state index contributed by atoms with van der Waals surface area (Å²) < 4.78 is 0. The van der Waals surface area contributed by atoms with E-state index in [1.165, 1.54) is 5.57 Å². The van der Waals surface area contributed by atoms with Crippen molar-refractivity contribution in [1.82, 2.24) is 0 Å². The van der Waals surface area contributed by atoms with Gasteiger partial charge in [0.25, 0.3) is 0 Å². The molecule has 0 aromatic rings. The Bertz CT molecular complexity index is 90.6. The molecule has 1 heteroatoms. The topological polar surface area (TPSA) is 0 Å². The van der Waals surface area contributed by atoms with Gasteiger partial charge in [0.05, 0.1) is 0 Å². The van der Waals surface area contributed by atoms with Gasteiger partial charge in [0.2, 0.25) is 0 Å². The lowest BCUT2D eigenvalue weighted by Gasteiger charge is -1.81. The maximum absolute atomic E-state index is 2.08. The van der Waals surface area contributed by atoms with Crippen LogP contribution in [0.1, 0.15) is 20.8 Å². The number of rotatable bonds is 1. The lowest BCUT2D eigenvalue weighted by molar-refractivity contribution is 1.46. The van der Waals surface area contributed by atoms with Gasteiger partial charge in [-0.25, -0.2) is 0 Å². The lowest BCUT2D eigenvalue weighted by Crippen LogP contribution is -1.60. The van der Waals surface area contributed by atoms with Gasteiger partial charge >= 0.3 is 0 Å². The van der Waals surface area contributed by atoms with Gasteiger partial charge in [0.15, 0.2) is 0 Å². The van der Waals surface area contributed by atoms with Gasteiger partial charge in [-0.15, -0.1) is 24.0 Å². The molecule has 0 amide bonds. The molecule has 0 bridgehead atoms. The van der Waals surface area contributed by atoms with E-state index in [4.69, 9.17) is 0 Å². The summed E-state index contributed by atoms with van der Waals surface area (Å²) in [6.45, 7) is 6.14. The first kappa shape index (κ1) is 11.1. The molecule has 0 radical (unpaired) electrons. The van der Waals surface area contributed by atoms with Crippen LogP contribution in [0, 0.1) is 0 Å². The highest BCUT2D eigenvalue weighted by molar-refractivity contribution is 14.0. The maximum Gasteiger partial charge on any atom is -0.0401 e. The van der Waals surface area contributed by atoms with Crippen molar-refractivity contribution >= 4 is 24.0 Å². The normalized spacial score (nSPS) is 11.6. The molecule has 0 atom stereocenters. The van der Waals surface area contributed by atoms with E-state index in [0.29, 0.717) is 0 Å². The Balaban J connectivity index is 0. The number of hydrogen-bond acceptors (Lipinski definition) is 0. The smallest absolute Gasteiger partial charge is 0.0401 e. The van der Waals surface area contributed by atoms with E-state index in [-0.39, 0.29) is 24.0 Å². The van der Waals surface area contributed by atoms with Gasteiger partial charge in [0, 0.05) is 0 Å². The van der Waals surface area contributed by atoms with E-state index in [0.717, 1.165) is 0 Å². The molecule has 48 valence electrons. The SMILES string of the molecule is C/C=C\C(C)=C/C.I. The molecule has 0 aliphatic heterocycles. The minimum absolute atomic E-state index is 0.